The van der Waals surface area contributed by atoms with Crippen LogP contribution in [0.3, 0.4) is 0 Å². The van der Waals surface area contributed by atoms with Crippen molar-refractivity contribution < 1.29 is 4.74 Å². The Morgan fingerprint density at radius 1 is 1.24 bits per heavy atom. The fourth-order valence-corrected chi connectivity index (χ4v) is 2.81. The first-order chi connectivity index (χ1) is 7.82. The number of benzene rings is 1. The Bertz CT molecular complexity index is 424. The fraction of sp³-hybridized carbons (Fsp3) is 0.500. The molecule has 0 aliphatic heterocycles. The number of hydrogen-bond acceptors (Lipinski definition) is 2. The highest BCUT2D eigenvalue weighted by atomic mass is 35.5. The molecule has 94 valence electrons. The first kappa shape index (κ1) is 13.3. The lowest BCUT2D eigenvalue weighted by molar-refractivity contribution is -0.0398. The average Bonchev–Trinajstić information content (AvgIpc) is 2.21. The van der Waals surface area contributed by atoms with Crippen LogP contribution in [0.2, 0.25) is 15.1 Å². The first-order valence-corrected chi connectivity index (χ1v) is 6.52. The highest BCUT2D eigenvalue weighted by Crippen LogP contribution is 2.45. The number of nitrogens with two attached hydrogens (primary N) is 1. The van der Waals surface area contributed by atoms with Gasteiger partial charge >= 0.3 is 0 Å². The molecule has 1 aromatic rings. The molecule has 2 atom stereocenters. The standard InChI is InChI=1S/C12H14Cl3NO/c1-12(2)9(16)5-10(12)17-11-7(14)3-6(13)4-8(11)15/h3-4,9-10H,5,16H2,1-2H3. The summed E-state index contributed by atoms with van der Waals surface area (Å²) < 4.78 is 5.85. The molecule has 1 aliphatic rings. The van der Waals surface area contributed by atoms with Crippen LogP contribution in [0, 0.1) is 5.41 Å². The molecule has 2 rings (SSSR count). The predicted molar refractivity (Wildman–Crippen MR) is 72.3 cm³/mol. The Morgan fingerprint density at radius 2 is 1.76 bits per heavy atom. The van der Waals surface area contributed by atoms with Gasteiger partial charge in [-0.1, -0.05) is 48.7 Å². The van der Waals surface area contributed by atoms with E-state index in [4.69, 9.17) is 45.3 Å². The number of rotatable bonds is 2. The van der Waals surface area contributed by atoms with Crippen molar-refractivity contribution in [3.63, 3.8) is 0 Å². The third-order valence-corrected chi connectivity index (χ3v) is 4.26. The van der Waals surface area contributed by atoms with Crippen LogP contribution in [0.1, 0.15) is 20.3 Å². The molecule has 0 bridgehead atoms. The predicted octanol–water partition coefficient (Wildman–Crippen LogP) is 4.15. The summed E-state index contributed by atoms with van der Waals surface area (Å²) in [5.74, 6) is 0.489. The summed E-state index contributed by atoms with van der Waals surface area (Å²) in [4.78, 5) is 0. The second kappa shape index (κ2) is 4.51. The summed E-state index contributed by atoms with van der Waals surface area (Å²) in [7, 11) is 0. The van der Waals surface area contributed by atoms with E-state index in [2.05, 4.69) is 13.8 Å². The van der Waals surface area contributed by atoms with Crippen LogP contribution >= 0.6 is 34.8 Å². The van der Waals surface area contributed by atoms with Crippen LogP contribution < -0.4 is 10.5 Å². The van der Waals surface area contributed by atoms with E-state index in [0.717, 1.165) is 6.42 Å². The third-order valence-electron chi connectivity index (χ3n) is 3.48. The van der Waals surface area contributed by atoms with Crippen molar-refractivity contribution in [2.75, 3.05) is 0 Å². The maximum Gasteiger partial charge on any atom is 0.157 e. The Balaban J connectivity index is 2.21. The second-order valence-electron chi connectivity index (χ2n) is 4.97. The van der Waals surface area contributed by atoms with Gasteiger partial charge in [-0.05, 0) is 12.1 Å². The van der Waals surface area contributed by atoms with E-state index >= 15 is 0 Å². The third kappa shape index (κ3) is 2.37. The molecule has 1 fully saturated rings. The van der Waals surface area contributed by atoms with Crippen LogP contribution in [0.5, 0.6) is 5.75 Å². The van der Waals surface area contributed by atoms with Gasteiger partial charge in [0, 0.05) is 22.9 Å². The van der Waals surface area contributed by atoms with E-state index in [9.17, 15) is 0 Å². The maximum atomic E-state index is 6.06. The highest BCUT2D eigenvalue weighted by Gasteiger charge is 2.48. The lowest BCUT2D eigenvalue weighted by Gasteiger charge is -2.49. The molecule has 0 spiro atoms. The molecule has 1 aromatic carbocycles. The normalized spacial score (nSPS) is 26.5. The minimum absolute atomic E-state index is 0.0358. The fourth-order valence-electron chi connectivity index (χ4n) is 1.90. The van der Waals surface area contributed by atoms with Gasteiger partial charge in [-0.25, -0.2) is 0 Å². The van der Waals surface area contributed by atoms with Crippen LogP contribution in [-0.2, 0) is 0 Å². The molecule has 0 heterocycles. The van der Waals surface area contributed by atoms with E-state index in [1.807, 2.05) is 0 Å². The van der Waals surface area contributed by atoms with E-state index in [1.165, 1.54) is 0 Å². The van der Waals surface area contributed by atoms with Crippen molar-refractivity contribution >= 4 is 34.8 Å². The Morgan fingerprint density at radius 3 is 2.18 bits per heavy atom. The van der Waals surface area contributed by atoms with Crippen molar-refractivity contribution in [1.29, 1.82) is 0 Å². The molecule has 0 radical (unpaired) electrons. The Labute approximate surface area is 116 Å². The minimum atomic E-state index is -0.0632. The van der Waals surface area contributed by atoms with Gasteiger partial charge in [0.15, 0.2) is 5.75 Å². The van der Waals surface area contributed by atoms with Gasteiger partial charge < -0.3 is 10.5 Å². The number of halogens is 3. The lowest BCUT2D eigenvalue weighted by Crippen LogP contribution is -2.60. The lowest BCUT2D eigenvalue weighted by atomic mass is 9.65. The summed E-state index contributed by atoms with van der Waals surface area (Å²) in [5, 5.41) is 1.36. The topological polar surface area (TPSA) is 35.2 Å². The van der Waals surface area contributed by atoms with Crippen molar-refractivity contribution in [3.05, 3.63) is 27.2 Å². The molecule has 2 N–H and O–H groups in total. The second-order valence-corrected chi connectivity index (χ2v) is 6.22. The van der Waals surface area contributed by atoms with Crippen molar-refractivity contribution in [3.8, 4) is 5.75 Å². The van der Waals surface area contributed by atoms with Crippen molar-refractivity contribution in [2.24, 2.45) is 11.1 Å². The molecule has 2 unspecified atom stereocenters. The zero-order valence-electron chi connectivity index (χ0n) is 9.64. The van der Waals surface area contributed by atoms with E-state index in [-0.39, 0.29) is 17.6 Å². The molecule has 5 heteroatoms. The molecule has 1 saturated carbocycles. The summed E-state index contributed by atoms with van der Waals surface area (Å²) in [5.41, 5.74) is 5.87. The van der Waals surface area contributed by atoms with Crippen LogP contribution in [0.25, 0.3) is 0 Å². The highest BCUT2D eigenvalue weighted by molar-refractivity contribution is 6.40. The van der Waals surface area contributed by atoms with Gasteiger partial charge in [0.05, 0.1) is 10.0 Å². The Hall–Kier alpha value is -0.150. The zero-order chi connectivity index (χ0) is 12.8. The van der Waals surface area contributed by atoms with E-state index in [0.29, 0.717) is 20.8 Å². The monoisotopic (exact) mass is 293 g/mol. The smallest absolute Gasteiger partial charge is 0.157 e. The molecule has 0 aromatic heterocycles. The molecular formula is C12H14Cl3NO. The number of hydrogen-bond donors (Lipinski definition) is 1. The van der Waals surface area contributed by atoms with Crippen LogP contribution in [0.15, 0.2) is 12.1 Å². The van der Waals surface area contributed by atoms with E-state index in [1.54, 1.807) is 12.1 Å². The summed E-state index contributed by atoms with van der Waals surface area (Å²) in [6.45, 7) is 4.15. The Kier molecular flexibility index (Phi) is 3.52. The van der Waals surface area contributed by atoms with Gasteiger partial charge in [0.2, 0.25) is 0 Å². The van der Waals surface area contributed by atoms with Gasteiger partial charge in [-0.2, -0.15) is 0 Å². The van der Waals surface area contributed by atoms with Gasteiger partial charge in [-0.15, -0.1) is 0 Å². The first-order valence-electron chi connectivity index (χ1n) is 5.39. The van der Waals surface area contributed by atoms with Gasteiger partial charge in [0.25, 0.3) is 0 Å². The van der Waals surface area contributed by atoms with Crippen molar-refractivity contribution in [2.45, 2.75) is 32.4 Å². The van der Waals surface area contributed by atoms with Crippen LogP contribution in [0.4, 0.5) is 0 Å². The SMILES string of the molecule is CC1(C)C(N)CC1Oc1c(Cl)cc(Cl)cc1Cl. The zero-order valence-corrected chi connectivity index (χ0v) is 11.9. The molecule has 2 nitrogen and oxygen atoms in total. The summed E-state index contributed by atoms with van der Waals surface area (Å²) in [6.07, 6.45) is 0.844. The van der Waals surface area contributed by atoms with E-state index < -0.39 is 0 Å². The maximum absolute atomic E-state index is 6.06. The minimum Gasteiger partial charge on any atom is -0.487 e. The molecule has 17 heavy (non-hydrogen) atoms. The average molecular weight is 295 g/mol. The van der Waals surface area contributed by atoms with Gasteiger partial charge in [0.1, 0.15) is 6.10 Å². The summed E-state index contributed by atoms with van der Waals surface area (Å²) >= 11 is 18.0. The van der Waals surface area contributed by atoms with Crippen molar-refractivity contribution in [1.82, 2.24) is 0 Å². The van der Waals surface area contributed by atoms with Gasteiger partial charge in [-0.3, -0.25) is 0 Å². The number of ether oxygens (including phenoxy) is 1. The molecule has 1 aliphatic carbocycles. The molecular weight excluding hydrogens is 280 g/mol. The molecule has 0 saturated heterocycles. The largest absolute Gasteiger partial charge is 0.487 e. The summed E-state index contributed by atoms with van der Waals surface area (Å²) in [6, 6.07) is 3.39. The quantitative estimate of drug-likeness (QED) is 0.889. The molecule has 0 amide bonds. The van der Waals surface area contributed by atoms with Crippen LogP contribution in [-0.4, -0.2) is 12.1 Å².